The first kappa shape index (κ1) is 22.4. The van der Waals surface area contributed by atoms with Gasteiger partial charge in [0.25, 0.3) is 0 Å². The quantitative estimate of drug-likeness (QED) is 0.227. The van der Waals surface area contributed by atoms with Gasteiger partial charge in [0, 0.05) is 24.9 Å². The summed E-state index contributed by atoms with van der Waals surface area (Å²) in [5.74, 6) is 0.575. The summed E-state index contributed by atoms with van der Waals surface area (Å²) >= 11 is 0. The average Bonchev–Trinajstić information content (AvgIpc) is 3.15. The molecule has 0 saturated heterocycles. The van der Waals surface area contributed by atoms with E-state index in [4.69, 9.17) is 0 Å². The Balaban J connectivity index is 1.86. The van der Waals surface area contributed by atoms with E-state index in [0.717, 1.165) is 6.54 Å². The van der Waals surface area contributed by atoms with Gasteiger partial charge in [0.05, 0.1) is 0 Å². The Morgan fingerprint density at radius 2 is 1.06 bits per heavy atom. The van der Waals surface area contributed by atoms with Gasteiger partial charge in [-0.1, -0.05) is 98.8 Å². The van der Waals surface area contributed by atoms with Crippen LogP contribution in [-0.2, 0) is 0 Å². The minimum atomic E-state index is -0.686. The van der Waals surface area contributed by atoms with E-state index >= 15 is 0 Å². The number of hydrogen-bond donors (Lipinski definition) is 0. The van der Waals surface area contributed by atoms with E-state index in [1.54, 1.807) is 0 Å². The molecule has 33 heavy (non-hydrogen) atoms. The zero-order chi connectivity index (χ0) is 22.9. The van der Waals surface area contributed by atoms with Gasteiger partial charge in [-0.25, -0.2) is 4.44 Å². The molecule has 0 radical (unpaired) electrons. The monoisotopic (exact) mass is 467 g/mol. The number of fused-ring (bicyclic) bond motifs is 3. The fourth-order valence-corrected chi connectivity index (χ4v) is 11.6. The highest BCUT2D eigenvalue weighted by Crippen LogP contribution is 2.58. The lowest BCUT2D eigenvalue weighted by atomic mass is 10.2. The summed E-state index contributed by atoms with van der Waals surface area (Å²) in [6, 6.07) is 36.2. The first-order valence-corrected chi connectivity index (χ1v) is 14.3. The molecule has 0 atom stereocenters. The molecule has 0 saturated carbocycles. The summed E-state index contributed by atoms with van der Waals surface area (Å²) < 4.78 is 2.89. The van der Waals surface area contributed by atoms with Crippen LogP contribution in [0.2, 0.25) is 0 Å². The van der Waals surface area contributed by atoms with Crippen molar-refractivity contribution in [2.75, 3.05) is 11.0 Å². The molecule has 0 aliphatic rings. The Kier molecular flexibility index (Phi) is 6.40. The van der Waals surface area contributed by atoms with E-state index < -0.39 is 15.8 Å². The molecule has 5 aromatic rings. The lowest BCUT2D eigenvalue weighted by Crippen LogP contribution is -2.31. The Bertz CT molecular complexity index is 1320. The van der Waals surface area contributed by atoms with Crippen LogP contribution in [0.5, 0.6) is 0 Å². The second-order valence-corrected chi connectivity index (χ2v) is 13.6. The minimum absolute atomic E-state index is 0.575. The Morgan fingerprint density at radius 3 is 1.52 bits per heavy atom. The molecule has 1 heterocycles. The fourth-order valence-electron chi connectivity index (χ4n) is 4.71. The second kappa shape index (κ2) is 9.44. The summed E-state index contributed by atoms with van der Waals surface area (Å²) in [6.45, 7) is 10.3. The van der Waals surface area contributed by atoms with Crippen LogP contribution in [0.25, 0.3) is 21.0 Å². The van der Waals surface area contributed by atoms with Gasteiger partial charge in [-0.15, -0.1) is 0 Å². The Hall–Kier alpha value is -2.43. The average molecular weight is 468 g/mol. The molecule has 0 aliphatic carbocycles. The topological polar surface area (TPSA) is 3.24 Å². The van der Waals surface area contributed by atoms with E-state index in [1.165, 1.54) is 42.7 Å². The molecule has 0 amide bonds. The van der Waals surface area contributed by atoms with Gasteiger partial charge in [-0.3, -0.25) is 0 Å². The maximum Gasteiger partial charge on any atom is 0.0363 e. The highest BCUT2D eigenvalue weighted by Gasteiger charge is 2.30. The SMILES string of the molecule is Cc1ccccc1P(c1ccccc1C)N(CC(C)C)p1c2ccccc2c2ccccc21. The zero-order valence-corrected chi connectivity index (χ0v) is 21.7. The van der Waals surface area contributed by atoms with Crippen LogP contribution in [0.15, 0.2) is 97.1 Å². The smallest absolute Gasteiger partial charge is 0.0363 e. The normalized spacial score (nSPS) is 12.0. The molecule has 5 rings (SSSR count). The molecular formula is C30H31NP2. The maximum atomic E-state index is 2.89. The number of benzene rings is 4. The third-order valence-electron chi connectivity index (χ3n) is 6.23. The zero-order valence-electron chi connectivity index (χ0n) is 19.9. The Labute approximate surface area is 200 Å². The second-order valence-electron chi connectivity index (χ2n) is 9.18. The third-order valence-corrected chi connectivity index (χ3v) is 12.2. The van der Waals surface area contributed by atoms with Gasteiger partial charge in [-0.2, -0.15) is 0 Å². The molecule has 1 aromatic heterocycles. The molecular weight excluding hydrogens is 436 g/mol. The van der Waals surface area contributed by atoms with Gasteiger partial charge in [0.2, 0.25) is 0 Å². The van der Waals surface area contributed by atoms with Crippen molar-refractivity contribution in [2.24, 2.45) is 5.92 Å². The van der Waals surface area contributed by atoms with Crippen LogP contribution < -0.4 is 15.1 Å². The fraction of sp³-hybridized carbons (Fsp3) is 0.200. The van der Waals surface area contributed by atoms with Gasteiger partial charge in [-0.05, 0) is 72.1 Å². The van der Waals surface area contributed by atoms with E-state index in [0.29, 0.717) is 5.92 Å². The summed E-state index contributed by atoms with van der Waals surface area (Å²) in [4.78, 5) is 0. The van der Waals surface area contributed by atoms with Gasteiger partial charge in [0.1, 0.15) is 0 Å². The first-order chi connectivity index (χ1) is 16.1. The summed E-state index contributed by atoms with van der Waals surface area (Å²) in [6.07, 6.45) is 0. The predicted molar refractivity (Wildman–Crippen MR) is 151 cm³/mol. The van der Waals surface area contributed by atoms with Crippen LogP contribution in [0.1, 0.15) is 25.0 Å². The van der Waals surface area contributed by atoms with Crippen LogP contribution in [0.3, 0.4) is 0 Å². The molecule has 0 aliphatic heterocycles. The van der Waals surface area contributed by atoms with Gasteiger partial charge >= 0.3 is 0 Å². The van der Waals surface area contributed by atoms with Gasteiger partial charge in [0.15, 0.2) is 0 Å². The van der Waals surface area contributed by atoms with Crippen molar-refractivity contribution < 1.29 is 0 Å². The van der Waals surface area contributed by atoms with Crippen molar-refractivity contribution in [1.82, 2.24) is 0 Å². The van der Waals surface area contributed by atoms with Gasteiger partial charge < -0.3 is 0 Å². The van der Waals surface area contributed by atoms with E-state index in [1.807, 2.05) is 0 Å². The molecule has 0 fully saturated rings. The summed E-state index contributed by atoms with van der Waals surface area (Å²) in [5.41, 5.74) is 2.77. The number of nitrogens with zero attached hydrogens (tertiary/aromatic N) is 1. The third kappa shape index (κ3) is 4.15. The molecule has 4 aromatic carbocycles. The number of rotatable bonds is 6. The standard InChI is InChI=1S/C30H31NP2/c1-22(2)21-31(33-29-19-11-7-15-25(29)26-16-8-12-20-30(26)33)32(27-17-9-5-13-23(27)3)28-18-10-6-14-24(28)4/h5-20,22H,21H2,1-4H3. The molecule has 0 spiro atoms. The van der Waals surface area contributed by atoms with Crippen molar-refractivity contribution >= 4 is 47.4 Å². The van der Waals surface area contributed by atoms with E-state index in [9.17, 15) is 0 Å². The predicted octanol–water partition coefficient (Wildman–Crippen LogP) is 8.24. The number of aryl methyl sites for hydroxylation is 2. The van der Waals surface area contributed by atoms with Crippen molar-refractivity contribution in [3.05, 3.63) is 108 Å². The largest absolute Gasteiger partial charge is 0.229 e. The van der Waals surface area contributed by atoms with Crippen LogP contribution in [0.4, 0.5) is 0 Å². The van der Waals surface area contributed by atoms with Crippen molar-refractivity contribution in [2.45, 2.75) is 27.7 Å². The molecule has 166 valence electrons. The summed E-state index contributed by atoms with van der Waals surface area (Å²) in [5, 5.41) is 8.79. The van der Waals surface area contributed by atoms with Crippen molar-refractivity contribution in [1.29, 1.82) is 0 Å². The molecule has 0 N–H and O–H groups in total. The van der Waals surface area contributed by atoms with E-state index in [2.05, 4.69) is 129 Å². The van der Waals surface area contributed by atoms with Crippen molar-refractivity contribution in [3.63, 3.8) is 0 Å². The van der Waals surface area contributed by atoms with Crippen LogP contribution >= 0.6 is 15.8 Å². The molecule has 0 bridgehead atoms. The highest BCUT2D eigenvalue weighted by atomic mass is 31.2. The van der Waals surface area contributed by atoms with E-state index in [-0.39, 0.29) is 0 Å². The maximum absolute atomic E-state index is 2.89. The summed E-state index contributed by atoms with van der Waals surface area (Å²) in [7, 11) is -1.31. The molecule has 3 heteroatoms. The van der Waals surface area contributed by atoms with Crippen LogP contribution in [-0.4, -0.2) is 6.54 Å². The minimum Gasteiger partial charge on any atom is -0.229 e. The molecule has 1 nitrogen and oxygen atoms in total. The van der Waals surface area contributed by atoms with Crippen molar-refractivity contribution in [3.8, 4) is 0 Å². The Morgan fingerprint density at radius 1 is 0.636 bits per heavy atom. The highest BCUT2D eigenvalue weighted by molar-refractivity contribution is 7.85. The number of hydrogen-bond acceptors (Lipinski definition) is 1. The lowest BCUT2D eigenvalue weighted by Gasteiger charge is -2.36. The first-order valence-electron chi connectivity index (χ1n) is 11.7. The molecule has 0 unspecified atom stereocenters. The lowest BCUT2D eigenvalue weighted by molar-refractivity contribution is 0.679. The van der Waals surface area contributed by atoms with Crippen LogP contribution in [0, 0.1) is 19.8 Å².